The Morgan fingerprint density at radius 3 is 2.06 bits per heavy atom. The van der Waals surface area contributed by atoms with E-state index in [1.807, 2.05) is 36.4 Å². The van der Waals surface area contributed by atoms with Crippen molar-refractivity contribution in [2.45, 2.75) is 87.1 Å². The molecule has 1 aliphatic carbocycles. The number of hydrogen-bond acceptors (Lipinski definition) is 8. The number of hydrogen-bond donors (Lipinski definition) is 1. The lowest BCUT2D eigenvalue weighted by Gasteiger charge is -2.24. The van der Waals surface area contributed by atoms with Crippen LogP contribution in [-0.2, 0) is 33.3 Å². The van der Waals surface area contributed by atoms with Gasteiger partial charge in [0.1, 0.15) is 25.4 Å². The molecule has 2 atom stereocenters. The van der Waals surface area contributed by atoms with Crippen LogP contribution in [0.5, 0.6) is 0 Å². The van der Waals surface area contributed by atoms with Gasteiger partial charge in [-0.25, -0.2) is 9.59 Å². The van der Waals surface area contributed by atoms with E-state index in [2.05, 4.69) is 37.1 Å². The zero-order chi connectivity index (χ0) is 36.2. The fourth-order valence-electron chi connectivity index (χ4n) is 5.19. The quantitative estimate of drug-likeness (QED) is 0.0563. The second kappa shape index (κ2) is 18.8. The van der Waals surface area contributed by atoms with Gasteiger partial charge in [-0.3, -0.25) is 9.59 Å². The molecule has 0 spiro atoms. The van der Waals surface area contributed by atoms with E-state index >= 15 is 0 Å². The van der Waals surface area contributed by atoms with Gasteiger partial charge < -0.3 is 24.3 Å². The Balaban J connectivity index is 1.60. The molecule has 1 amide bonds. The third-order valence-electron chi connectivity index (χ3n) is 7.81. The zero-order valence-corrected chi connectivity index (χ0v) is 31.9. The number of carbonyl (C=O) groups excluding carboxylic acids is 4. The standard InChI is InChI=1S/C36H46Cl3NO8Si/c1-24(2)33(40-35(44)46-22-30-28-16-11-9-14-26(28)27-15-10-12-17-29(27)30)34(43)48-25(21-32(42)45-19-20-49(3,4)5)13-7-6-8-18-31(41)47-23-36(37,38)39/h6-7,9-12,14-17,24-25,30,33H,8,13,18-23H2,1-5H3,(H,40,44)/t25-,33+/m1/s1. The maximum absolute atomic E-state index is 13.4. The normalized spacial score (nSPS) is 14.1. The highest BCUT2D eigenvalue weighted by atomic mass is 35.6. The molecule has 2 aromatic rings. The third-order valence-corrected chi connectivity index (χ3v) is 9.84. The molecule has 268 valence electrons. The first-order valence-electron chi connectivity index (χ1n) is 16.4. The van der Waals surface area contributed by atoms with E-state index in [0.717, 1.165) is 28.3 Å². The number of ether oxygens (including phenoxy) is 4. The van der Waals surface area contributed by atoms with Gasteiger partial charge in [-0.1, -0.05) is 129 Å². The van der Waals surface area contributed by atoms with Crippen molar-refractivity contribution in [1.82, 2.24) is 5.32 Å². The maximum Gasteiger partial charge on any atom is 0.407 e. The molecule has 13 heteroatoms. The minimum atomic E-state index is -1.69. The number of alkyl carbamates (subject to hydrolysis) is 1. The highest BCUT2D eigenvalue weighted by Crippen LogP contribution is 2.44. The average Bonchev–Trinajstić information content (AvgIpc) is 3.33. The predicted octanol–water partition coefficient (Wildman–Crippen LogP) is 8.37. The number of fused-ring (bicyclic) bond motifs is 3. The summed E-state index contributed by atoms with van der Waals surface area (Å²) in [5.41, 5.74) is 4.36. The molecule has 0 saturated heterocycles. The first-order valence-corrected chi connectivity index (χ1v) is 21.2. The van der Waals surface area contributed by atoms with Crippen LogP contribution >= 0.6 is 34.8 Å². The molecule has 0 bridgehead atoms. The number of nitrogens with one attached hydrogen (secondary N) is 1. The molecular weight excluding hydrogens is 709 g/mol. The van der Waals surface area contributed by atoms with Crippen molar-refractivity contribution < 1.29 is 38.1 Å². The van der Waals surface area contributed by atoms with Gasteiger partial charge in [0.15, 0.2) is 0 Å². The van der Waals surface area contributed by atoms with E-state index in [1.54, 1.807) is 26.0 Å². The van der Waals surface area contributed by atoms with E-state index in [0.29, 0.717) is 13.0 Å². The van der Waals surface area contributed by atoms with Crippen LogP contribution in [0.15, 0.2) is 60.7 Å². The molecule has 0 radical (unpaired) electrons. The molecule has 0 fully saturated rings. The van der Waals surface area contributed by atoms with Crippen LogP contribution in [0.25, 0.3) is 11.1 Å². The first-order chi connectivity index (χ1) is 23.0. The molecule has 1 aliphatic rings. The van der Waals surface area contributed by atoms with Gasteiger partial charge in [0.25, 0.3) is 0 Å². The average molecular weight is 755 g/mol. The van der Waals surface area contributed by atoms with E-state index in [4.69, 9.17) is 53.8 Å². The molecule has 0 heterocycles. The summed E-state index contributed by atoms with van der Waals surface area (Å²) < 4.78 is 20.1. The molecule has 1 N–H and O–H groups in total. The van der Waals surface area contributed by atoms with Crippen LogP contribution in [0.1, 0.15) is 56.6 Å². The molecule has 3 rings (SSSR count). The summed E-state index contributed by atoms with van der Waals surface area (Å²) in [7, 11) is -1.43. The summed E-state index contributed by atoms with van der Waals surface area (Å²) in [4.78, 5) is 51.1. The van der Waals surface area contributed by atoms with Crippen molar-refractivity contribution in [3.05, 3.63) is 71.8 Å². The monoisotopic (exact) mass is 753 g/mol. The van der Waals surface area contributed by atoms with Gasteiger partial charge >= 0.3 is 24.0 Å². The Bertz CT molecular complexity index is 1430. The molecule has 0 aliphatic heterocycles. The van der Waals surface area contributed by atoms with Crippen LogP contribution in [0.2, 0.25) is 25.7 Å². The fourth-order valence-corrected chi connectivity index (χ4v) is 6.07. The Morgan fingerprint density at radius 2 is 1.49 bits per heavy atom. The number of esters is 3. The lowest BCUT2D eigenvalue weighted by molar-refractivity contribution is -0.157. The number of alkyl halides is 3. The highest BCUT2D eigenvalue weighted by molar-refractivity contribution is 6.76. The van der Waals surface area contributed by atoms with Gasteiger partial charge in [-0.05, 0) is 40.6 Å². The van der Waals surface area contributed by atoms with E-state index < -0.39 is 48.0 Å². The summed E-state index contributed by atoms with van der Waals surface area (Å²) >= 11 is 16.8. The summed E-state index contributed by atoms with van der Waals surface area (Å²) in [6.45, 7) is 10.1. The van der Waals surface area contributed by atoms with Crippen LogP contribution < -0.4 is 5.32 Å². The number of benzene rings is 2. The summed E-state index contributed by atoms with van der Waals surface area (Å²) in [6.07, 6.45) is 2.15. The van der Waals surface area contributed by atoms with Crippen LogP contribution in [0.3, 0.4) is 0 Å². The summed E-state index contributed by atoms with van der Waals surface area (Å²) in [5, 5.41) is 2.66. The molecule has 0 saturated carbocycles. The minimum absolute atomic E-state index is 0.0416. The van der Waals surface area contributed by atoms with Crippen molar-refractivity contribution in [1.29, 1.82) is 0 Å². The van der Waals surface area contributed by atoms with Crippen molar-refractivity contribution in [2.24, 2.45) is 5.92 Å². The van der Waals surface area contributed by atoms with Crippen molar-refractivity contribution in [3.63, 3.8) is 0 Å². The molecular formula is C36H46Cl3NO8Si. The number of amides is 1. The second-order valence-electron chi connectivity index (χ2n) is 13.5. The Morgan fingerprint density at radius 1 is 0.878 bits per heavy atom. The Labute approximate surface area is 304 Å². The summed E-state index contributed by atoms with van der Waals surface area (Å²) in [6, 6.07) is 15.8. The number of allylic oxidation sites excluding steroid dienone is 1. The van der Waals surface area contributed by atoms with Crippen molar-refractivity contribution >= 4 is 66.9 Å². The minimum Gasteiger partial charge on any atom is -0.466 e. The van der Waals surface area contributed by atoms with Crippen LogP contribution in [-0.4, -0.2) is 67.8 Å². The summed E-state index contributed by atoms with van der Waals surface area (Å²) in [5.74, 6) is -2.21. The van der Waals surface area contributed by atoms with Crippen molar-refractivity contribution in [3.8, 4) is 11.1 Å². The number of rotatable bonds is 17. The maximum atomic E-state index is 13.4. The molecule has 0 aromatic heterocycles. The number of carbonyl (C=O) groups is 4. The zero-order valence-electron chi connectivity index (χ0n) is 28.6. The topological polar surface area (TPSA) is 117 Å². The molecule has 0 unspecified atom stereocenters. The van der Waals surface area contributed by atoms with Gasteiger partial charge in [0.05, 0.1) is 13.0 Å². The third kappa shape index (κ3) is 14.0. The smallest absolute Gasteiger partial charge is 0.407 e. The highest BCUT2D eigenvalue weighted by Gasteiger charge is 2.32. The second-order valence-corrected chi connectivity index (χ2v) is 21.6. The van der Waals surface area contributed by atoms with Crippen molar-refractivity contribution in [2.75, 3.05) is 19.8 Å². The largest absolute Gasteiger partial charge is 0.466 e. The molecule has 49 heavy (non-hydrogen) atoms. The van der Waals surface area contributed by atoms with E-state index in [9.17, 15) is 19.2 Å². The van der Waals surface area contributed by atoms with Crippen LogP contribution in [0, 0.1) is 5.92 Å². The van der Waals surface area contributed by atoms with E-state index in [1.165, 1.54) is 0 Å². The van der Waals surface area contributed by atoms with E-state index in [-0.39, 0.29) is 44.3 Å². The lowest BCUT2D eigenvalue weighted by atomic mass is 9.98. The SMILES string of the molecule is CC(C)[C@H](NC(=O)OCC1c2ccccc2-c2ccccc21)C(=O)O[C@H](CC=CCCC(=O)OCC(Cl)(Cl)Cl)CC(=O)OCC[Si](C)(C)C. The molecule has 9 nitrogen and oxygen atoms in total. The Kier molecular flexibility index (Phi) is 15.5. The van der Waals surface area contributed by atoms with Gasteiger partial charge in [0.2, 0.25) is 3.79 Å². The van der Waals surface area contributed by atoms with Gasteiger partial charge in [-0.2, -0.15) is 0 Å². The first kappa shape index (κ1) is 40.4. The fraction of sp³-hybridized carbons (Fsp3) is 0.500. The van der Waals surface area contributed by atoms with Gasteiger partial charge in [0, 0.05) is 26.8 Å². The molecule has 2 aromatic carbocycles. The lowest BCUT2D eigenvalue weighted by Crippen LogP contribution is -2.46. The Hall–Kier alpha value is -3.05. The number of halogens is 3. The van der Waals surface area contributed by atoms with Gasteiger partial charge in [-0.15, -0.1) is 0 Å². The van der Waals surface area contributed by atoms with Crippen LogP contribution in [0.4, 0.5) is 4.79 Å². The predicted molar refractivity (Wildman–Crippen MR) is 195 cm³/mol.